The Kier molecular flexibility index (Phi) is 4.36. The number of fused-ring (bicyclic) bond motifs is 1. The Morgan fingerprint density at radius 3 is 3.05 bits per heavy atom. The summed E-state index contributed by atoms with van der Waals surface area (Å²) in [7, 11) is 1.67. The van der Waals surface area contributed by atoms with Crippen LogP contribution in [0.1, 0.15) is 36.5 Å². The number of methoxy groups -OCH3 is 1. The van der Waals surface area contributed by atoms with Gasteiger partial charge in [0.05, 0.1) is 18.2 Å². The molecule has 0 spiro atoms. The summed E-state index contributed by atoms with van der Waals surface area (Å²) in [6.45, 7) is 4.62. The predicted octanol–water partition coefficient (Wildman–Crippen LogP) is 2.03. The second-order valence-electron chi connectivity index (χ2n) is 5.99. The summed E-state index contributed by atoms with van der Waals surface area (Å²) in [5.41, 5.74) is 0.571. The minimum atomic E-state index is -0.825. The minimum Gasteiger partial charge on any atom is -0.458 e. The van der Waals surface area contributed by atoms with Crippen LogP contribution in [-0.4, -0.2) is 49.4 Å². The number of hydrogen-bond acceptors (Lipinski definition) is 4. The third kappa shape index (κ3) is 2.59. The van der Waals surface area contributed by atoms with Gasteiger partial charge in [0.15, 0.2) is 0 Å². The summed E-state index contributed by atoms with van der Waals surface area (Å²) in [5, 5.41) is 2.97. The van der Waals surface area contributed by atoms with Crippen LogP contribution in [0, 0.1) is 0 Å². The minimum absolute atomic E-state index is 0.102. The molecule has 1 aromatic rings. The Morgan fingerprint density at radius 1 is 1.45 bits per heavy atom. The third-order valence-corrected chi connectivity index (χ3v) is 4.64. The van der Waals surface area contributed by atoms with Crippen LogP contribution in [0.2, 0.25) is 0 Å². The van der Waals surface area contributed by atoms with Gasteiger partial charge < -0.3 is 14.8 Å². The van der Waals surface area contributed by atoms with Gasteiger partial charge in [-0.25, -0.2) is 0 Å². The SMILES string of the molecule is CCCN1CCCC1C1(OC)CNC(=O)c2ccccc2O1. The number of para-hydroxylation sites is 1. The summed E-state index contributed by atoms with van der Waals surface area (Å²) < 4.78 is 12.1. The lowest BCUT2D eigenvalue weighted by atomic mass is 10.0. The van der Waals surface area contributed by atoms with Crippen LogP contribution < -0.4 is 10.1 Å². The number of hydrogen-bond donors (Lipinski definition) is 1. The first-order valence-corrected chi connectivity index (χ1v) is 8.05. The molecule has 1 amide bonds. The second-order valence-corrected chi connectivity index (χ2v) is 5.99. The first kappa shape index (κ1) is 15.3. The van der Waals surface area contributed by atoms with E-state index in [1.165, 1.54) is 0 Å². The van der Waals surface area contributed by atoms with Crippen molar-refractivity contribution in [2.75, 3.05) is 26.7 Å². The molecule has 2 heterocycles. The Hall–Kier alpha value is -1.59. The number of benzene rings is 1. The maximum atomic E-state index is 12.3. The lowest BCUT2D eigenvalue weighted by Gasteiger charge is -2.40. The van der Waals surface area contributed by atoms with E-state index in [0.717, 1.165) is 32.4 Å². The first-order chi connectivity index (χ1) is 10.7. The van der Waals surface area contributed by atoms with E-state index in [2.05, 4.69) is 17.1 Å². The number of likely N-dealkylation sites (tertiary alicyclic amines) is 1. The van der Waals surface area contributed by atoms with Gasteiger partial charge in [-0.15, -0.1) is 0 Å². The van der Waals surface area contributed by atoms with E-state index in [1.54, 1.807) is 13.2 Å². The predicted molar refractivity (Wildman–Crippen MR) is 84.0 cm³/mol. The Labute approximate surface area is 131 Å². The van der Waals surface area contributed by atoms with E-state index >= 15 is 0 Å². The molecule has 2 atom stereocenters. The molecule has 120 valence electrons. The van der Waals surface area contributed by atoms with Gasteiger partial charge in [0.25, 0.3) is 5.91 Å². The summed E-state index contributed by atoms with van der Waals surface area (Å²) in [6.07, 6.45) is 3.25. The topological polar surface area (TPSA) is 50.8 Å². The molecule has 3 rings (SSSR count). The molecule has 1 N–H and O–H groups in total. The number of nitrogens with zero attached hydrogens (tertiary/aromatic N) is 1. The van der Waals surface area contributed by atoms with Crippen molar-refractivity contribution in [3.05, 3.63) is 29.8 Å². The van der Waals surface area contributed by atoms with Crippen LogP contribution in [0.15, 0.2) is 24.3 Å². The molecule has 0 bridgehead atoms. The molecule has 0 aromatic heterocycles. The smallest absolute Gasteiger partial charge is 0.255 e. The van der Waals surface area contributed by atoms with Crippen molar-refractivity contribution in [3.8, 4) is 5.75 Å². The molecule has 2 unspecified atom stereocenters. The van der Waals surface area contributed by atoms with E-state index < -0.39 is 5.79 Å². The zero-order chi connectivity index (χ0) is 15.6. The number of carbonyl (C=O) groups excluding carboxylic acids is 1. The van der Waals surface area contributed by atoms with E-state index in [4.69, 9.17) is 9.47 Å². The maximum absolute atomic E-state index is 12.3. The molecule has 0 aliphatic carbocycles. The number of carbonyl (C=O) groups is 1. The van der Waals surface area contributed by atoms with Gasteiger partial charge in [0, 0.05) is 7.11 Å². The molecule has 5 heteroatoms. The van der Waals surface area contributed by atoms with Crippen molar-refractivity contribution < 1.29 is 14.3 Å². The lowest BCUT2D eigenvalue weighted by molar-refractivity contribution is -0.195. The highest BCUT2D eigenvalue weighted by atomic mass is 16.7. The van der Waals surface area contributed by atoms with Crippen molar-refractivity contribution in [1.29, 1.82) is 0 Å². The Morgan fingerprint density at radius 2 is 2.27 bits per heavy atom. The second kappa shape index (κ2) is 6.26. The average molecular weight is 304 g/mol. The van der Waals surface area contributed by atoms with Crippen LogP contribution in [-0.2, 0) is 4.74 Å². The summed E-state index contributed by atoms with van der Waals surface area (Å²) in [5.74, 6) is -0.328. The molecule has 2 aliphatic rings. The number of rotatable bonds is 4. The molecule has 22 heavy (non-hydrogen) atoms. The van der Waals surface area contributed by atoms with Crippen LogP contribution >= 0.6 is 0 Å². The number of amides is 1. The fraction of sp³-hybridized carbons (Fsp3) is 0.588. The average Bonchev–Trinajstić information content (AvgIpc) is 2.95. The van der Waals surface area contributed by atoms with Crippen molar-refractivity contribution >= 4 is 5.91 Å². The number of ether oxygens (including phenoxy) is 2. The standard InChI is InChI=1S/C17H24N2O3/c1-3-10-19-11-6-9-15(19)17(21-2)12-18-16(20)13-7-4-5-8-14(13)22-17/h4-5,7-8,15H,3,6,9-12H2,1-2H3,(H,18,20). The lowest BCUT2D eigenvalue weighted by Crippen LogP contribution is -2.60. The molecular weight excluding hydrogens is 280 g/mol. The monoisotopic (exact) mass is 304 g/mol. The van der Waals surface area contributed by atoms with Gasteiger partial charge in [-0.2, -0.15) is 0 Å². The highest BCUT2D eigenvalue weighted by molar-refractivity contribution is 5.97. The molecule has 5 nitrogen and oxygen atoms in total. The normalized spacial score (nSPS) is 28.6. The maximum Gasteiger partial charge on any atom is 0.255 e. The van der Waals surface area contributed by atoms with Crippen molar-refractivity contribution in [1.82, 2.24) is 10.2 Å². The van der Waals surface area contributed by atoms with Crippen LogP contribution in [0.5, 0.6) is 5.75 Å². The molecule has 0 radical (unpaired) electrons. The fourth-order valence-electron chi connectivity index (χ4n) is 3.58. The van der Waals surface area contributed by atoms with Crippen LogP contribution in [0.25, 0.3) is 0 Å². The largest absolute Gasteiger partial charge is 0.458 e. The highest BCUT2D eigenvalue weighted by Crippen LogP contribution is 2.35. The summed E-state index contributed by atoms with van der Waals surface area (Å²) in [6, 6.07) is 7.52. The molecule has 1 fully saturated rings. The summed E-state index contributed by atoms with van der Waals surface area (Å²) >= 11 is 0. The van der Waals surface area contributed by atoms with E-state index in [9.17, 15) is 4.79 Å². The van der Waals surface area contributed by atoms with Gasteiger partial charge in [-0.05, 0) is 44.5 Å². The van der Waals surface area contributed by atoms with Crippen LogP contribution in [0.4, 0.5) is 0 Å². The van der Waals surface area contributed by atoms with Gasteiger partial charge in [-0.1, -0.05) is 19.1 Å². The van der Waals surface area contributed by atoms with Gasteiger partial charge in [-0.3, -0.25) is 9.69 Å². The fourth-order valence-corrected chi connectivity index (χ4v) is 3.58. The van der Waals surface area contributed by atoms with Crippen molar-refractivity contribution in [2.45, 2.75) is 38.0 Å². The van der Waals surface area contributed by atoms with E-state index in [1.807, 2.05) is 18.2 Å². The van der Waals surface area contributed by atoms with Gasteiger partial charge in [0.1, 0.15) is 5.75 Å². The highest BCUT2D eigenvalue weighted by Gasteiger charge is 2.48. The third-order valence-electron chi connectivity index (χ3n) is 4.64. The number of nitrogens with one attached hydrogen (secondary N) is 1. The Balaban J connectivity index is 1.94. The quantitative estimate of drug-likeness (QED) is 0.925. The summed E-state index contributed by atoms with van der Waals surface area (Å²) in [4.78, 5) is 14.7. The van der Waals surface area contributed by atoms with Crippen LogP contribution in [0.3, 0.4) is 0 Å². The molecule has 1 aromatic carbocycles. The van der Waals surface area contributed by atoms with E-state index in [0.29, 0.717) is 17.9 Å². The van der Waals surface area contributed by atoms with Gasteiger partial charge >= 0.3 is 0 Å². The molecule has 0 saturated carbocycles. The first-order valence-electron chi connectivity index (χ1n) is 8.05. The van der Waals surface area contributed by atoms with E-state index in [-0.39, 0.29) is 11.9 Å². The molecular formula is C17H24N2O3. The molecule has 2 aliphatic heterocycles. The van der Waals surface area contributed by atoms with Crippen molar-refractivity contribution in [3.63, 3.8) is 0 Å². The zero-order valence-electron chi connectivity index (χ0n) is 13.3. The van der Waals surface area contributed by atoms with Crippen molar-refractivity contribution in [2.24, 2.45) is 0 Å². The molecule has 1 saturated heterocycles. The zero-order valence-corrected chi connectivity index (χ0v) is 13.3. The van der Waals surface area contributed by atoms with Gasteiger partial charge in [0.2, 0.25) is 5.79 Å². The Bertz CT molecular complexity index is 548.